The number of imidazole rings is 3. The molecule has 1 amide bonds. The van der Waals surface area contributed by atoms with Crippen molar-refractivity contribution in [3.63, 3.8) is 0 Å². The number of aliphatic hydroxyl groups excluding tert-OH is 1. The number of ether oxygens (including phenoxy) is 2. The molecule has 15 heterocycles. The number of hydrogen-bond acceptors (Lipinski definition) is 23. The molecule has 0 radical (unpaired) electrons. The van der Waals surface area contributed by atoms with E-state index in [2.05, 4.69) is 186 Å². The lowest BCUT2D eigenvalue weighted by Crippen LogP contribution is -2.56. The molecule has 12 aliphatic rings. The maximum absolute atomic E-state index is 12.8. The van der Waals surface area contributed by atoms with Gasteiger partial charge in [0.25, 0.3) is 0 Å². The number of piperidine rings is 2. The molecule has 3 aliphatic carbocycles. The number of aromatic amines is 3. The Morgan fingerprint density at radius 3 is 1.22 bits per heavy atom. The minimum absolute atomic E-state index is 0. The Morgan fingerprint density at radius 1 is 0.457 bits per heavy atom. The van der Waals surface area contributed by atoms with Gasteiger partial charge in [0.2, 0.25) is 16.4 Å². The molecular formula is C98H134Cl2N22O5. The zero-order valence-corrected chi connectivity index (χ0v) is 73.9. The SMILES string of the molecule is C.C.C.C=CC(=O)Cl.C=CC(=O)N1CCN(c2nc(OC[C@@H]3CCCN3C)nc3c2CN(C2CCc4ccccc42)C3)C[C@@H]1Cc1ncc[nH]1.CN1CCC[C@H]1CO.CN1CCC[C@H]1COc1nc2c(c(N3CCC[C@@H](Cc4ncc[nH]4)C3)n1)CN(C1CCc3ccccc31)C2.Clc1nc2c(c(N3CCC[C@@H](Cc4ncc[nH]4)C3)n1)CN(C1CCc3ccccc31)C2. The van der Waals surface area contributed by atoms with Crippen molar-refractivity contribution < 1.29 is 24.2 Å². The largest absolute Gasteiger partial charge is 0.462 e. The van der Waals surface area contributed by atoms with E-state index in [0.29, 0.717) is 111 Å². The van der Waals surface area contributed by atoms with Crippen molar-refractivity contribution in [2.75, 3.05) is 121 Å². The molecule has 4 N–H and O–H groups in total. The van der Waals surface area contributed by atoms with Gasteiger partial charge in [-0.2, -0.15) is 19.9 Å². The second kappa shape index (κ2) is 43.7. The first-order valence-corrected chi connectivity index (χ1v) is 46.1. The number of allylic oxidation sites excluding steroid dienone is 1. The summed E-state index contributed by atoms with van der Waals surface area (Å²) in [6.07, 6.45) is 35.1. The van der Waals surface area contributed by atoms with Crippen LogP contribution in [0.5, 0.6) is 12.0 Å². The molecule has 29 heteroatoms. The summed E-state index contributed by atoms with van der Waals surface area (Å²) in [6.45, 7) is 23.0. The number of halogens is 2. The molecule has 6 aromatic heterocycles. The standard InChI is InChI=1S/C32H40N8O2.C30H39N7O.C24H27ClN6.C6H13NO.C3H3ClO.3CH4/c1-3-30(41)40-16-15-38(18-24(40)17-29-33-12-13-34-29)31-26-19-39(28-11-10-22-7-4-5-9-25(22)28)20-27(26)35-32(36-31)42-21-23-8-6-14-37(23)2;1-35-14-5-8-23(35)20-38-30-33-26-19-37(27-11-10-22-7-2-3-9-24(22)27)18-25(26)29(34-30)36-15-4-6-21(17-36)16-28-31-12-13-32-28;25-24-28-20-15-31(21-8-7-17-5-1-2-6-18(17)21)14-19(20)23(29-24)30-11-3-4-16(13-30)12-22-26-9-10-27-22;1-7-4-2-3-6(7)5-8;1-2-3(4)5;;;/h3-5,7,9,12-13,23-24,28H,1,6,8,10-11,14-21H2,2H3,(H,33,34);2-3,7,9,12-13,21,23,27H,4-6,8,10-11,14-20H2,1H3,(H,31,32);1-2,5-6,9-10,16,21H,3-4,7-8,11-15H2,(H,26,27);6,8H,2-5H2,1H3;2H,1H2;3*1H4/t23-,24-,28?;21-,23-,27?;16-,21?;6-;;;;/m0000..../s1. The molecule has 0 bridgehead atoms. The topological polar surface area (TPSA) is 269 Å². The highest BCUT2D eigenvalue weighted by molar-refractivity contribution is 6.66. The molecule has 6 fully saturated rings. The fourth-order valence-corrected chi connectivity index (χ4v) is 21.6. The van der Waals surface area contributed by atoms with Crippen LogP contribution in [0.4, 0.5) is 17.5 Å². The fraction of sp³-hybridized carbons (Fsp3) is 0.541. The first-order valence-electron chi connectivity index (χ1n) is 45.4. The maximum Gasteiger partial charge on any atom is 0.318 e. The van der Waals surface area contributed by atoms with Crippen molar-refractivity contribution in [1.82, 2.24) is 94.1 Å². The molecule has 6 saturated heterocycles. The van der Waals surface area contributed by atoms with Gasteiger partial charge in [-0.25, -0.2) is 24.9 Å². The molecule has 3 aromatic carbocycles. The van der Waals surface area contributed by atoms with Gasteiger partial charge in [0.1, 0.15) is 48.1 Å². The average molecular weight is 1770 g/mol. The lowest BCUT2D eigenvalue weighted by atomic mass is 9.94. The number of fused-ring (bicyclic) bond motifs is 6. The van der Waals surface area contributed by atoms with Gasteiger partial charge in [-0.15, -0.1) is 0 Å². The van der Waals surface area contributed by atoms with Crippen LogP contribution in [0.15, 0.2) is 135 Å². The van der Waals surface area contributed by atoms with Gasteiger partial charge >= 0.3 is 12.0 Å². The number of H-pyrrole nitrogens is 3. The van der Waals surface area contributed by atoms with E-state index in [1.165, 1.54) is 127 Å². The van der Waals surface area contributed by atoms with Crippen LogP contribution < -0.4 is 24.2 Å². The Balaban J connectivity index is 0.000000143. The van der Waals surface area contributed by atoms with E-state index in [1.54, 1.807) is 6.20 Å². The van der Waals surface area contributed by atoms with E-state index in [4.69, 9.17) is 62.7 Å². The van der Waals surface area contributed by atoms with Crippen LogP contribution in [0, 0.1) is 11.8 Å². The van der Waals surface area contributed by atoms with E-state index >= 15 is 0 Å². The number of aliphatic hydroxyl groups is 1. The van der Waals surface area contributed by atoms with Gasteiger partial charge in [0.05, 0.1) is 29.7 Å². The number of likely N-dealkylation sites (tertiary alicyclic amines) is 3. The molecule has 127 heavy (non-hydrogen) atoms. The van der Waals surface area contributed by atoms with Crippen molar-refractivity contribution in [2.24, 2.45) is 11.8 Å². The summed E-state index contributed by atoms with van der Waals surface area (Å²) in [5.74, 6) is 7.21. The van der Waals surface area contributed by atoms with E-state index < -0.39 is 5.24 Å². The summed E-state index contributed by atoms with van der Waals surface area (Å²) in [5, 5.41) is 8.56. The summed E-state index contributed by atoms with van der Waals surface area (Å²) >= 11 is 11.1. The highest BCUT2D eigenvalue weighted by Gasteiger charge is 2.42. The van der Waals surface area contributed by atoms with Crippen LogP contribution in [-0.2, 0) is 87.4 Å². The second-order valence-electron chi connectivity index (χ2n) is 35.8. The van der Waals surface area contributed by atoms with Crippen LogP contribution in [-0.4, -0.2) is 241 Å². The van der Waals surface area contributed by atoms with Crippen molar-refractivity contribution in [1.29, 1.82) is 0 Å². The highest BCUT2D eigenvalue weighted by atomic mass is 35.5. The number of amides is 1. The third kappa shape index (κ3) is 22.1. The molecule has 0 spiro atoms. The van der Waals surface area contributed by atoms with Gasteiger partial charge < -0.3 is 63.8 Å². The quantitative estimate of drug-likeness (QED) is 0.0296. The molecule has 27 nitrogen and oxygen atoms in total. The Hall–Kier alpha value is -9.55. The first kappa shape index (κ1) is 93.6. The van der Waals surface area contributed by atoms with Crippen molar-refractivity contribution >= 4 is 51.8 Å². The Morgan fingerprint density at radius 2 is 0.843 bits per heavy atom. The molecular weight excluding hydrogens is 1640 g/mol. The summed E-state index contributed by atoms with van der Waals surface area (Å²) in [7, 11) is 6.42. The molecule has 9 aliphatic heterocycles. The molecule has 3 unspecified atom stereocenters. The van der Waals surface area contributed by atoms with Crippen LogP contribution in [0.2, 0.25) is 5.28 Å². The zero-order chi connectivity index (χ0) is 85.2. The third-order valence-electron chi connectivity index (χ3n) is 28.0. The minimum Gasteiger partial charge on any atom is -0.462 e. The number of carbonyl (C=O) groups is 2. The number of aryl methyl sites for hydroxylation is 3. The molecule has 9 atom stereocenters. The van der Waals surface area contributed by atoms with Crippen molar-refractivity contribution in [3.8, 4) is 12.0 Å². The van der Waals surface area contributed by atoms with Gasteiger partial charge in [-0.3, -0.25) is 24.3 Å². The van der Waals surface area contributed by atoms with E-state index in [9.17, 15) is 9.59 Å². The number of anilines is 3. The molecule has 0 saturated carbocycles. The first-order chi connectivity index (χ1) is 60.6. The lowest BCUT2D eigenvalue weighted by molar-refractivity contribution is -0.128. The predicted molar refractivity (Wildman–Crippen MR) is 502 cm³/mol. The van der Waals surface area contributed by atoms with E-state index in [0.717, 1.165) is 188 Å². The van der Waals surface area contributed by atoms with Gasteiger partial charge in [0, 0.05) is 194 Å². The summed E-state index contributed by atoms with van der Waals surface area (Å²) in [4.78, 5) is 98.9. The van der Waals surface area contributed by atoms with Gasteiger partial charge in [0.15, 0.2) is 0 Å². The molecule has 21 rings (SSSR count). The maximum atomic E-state index is 12.8. The normalized spacial score (nSPS) is 23.6. The number of aromatic nitrogens is 12. The Bertz CT molecular complexity index is 5100. The number of carbonyl (C=O) groups excluding carboxylic acids is 2. The average Bonchev–Trinajstić information content (AvgIpc) is 1.62. The minimum atomic E-state index is -0.509. The van der Waals surface area contributed by atoms with Crippen LogP contribution in [0.1, 0.15) is 209 Å². The summed E-state index contributed by atoms with van der Waals surface area (Å²) in [6, 6.07) is 30.2. The Kier molecular flexibility index (Phi) is 32.2. The monoisotopic (exact) mass is 1770 g/mol. The Labute approximate surface area is 761 Å². The number of nitrogens with one attached hydrogen (secondary N) is 3. The van der Waals surface area contributed by atoms with Gasteiger partial charge in [-0.1, -0.05) is 108 Å². The predicted octanol–water partition coefficient (Wildman–Crippen LogP) is 14.5. The number of benzene rings is 3. The van der Waals surface area contributed by atoms with Crippen molar-refractivity contribution in [2.45, 2.75) is 226 Å². The third-order valence-corrected chi connectivity index (χ3v) is 28.4. The van der Waals surface area contributed by atoms with Crippen LogP contribution in [0.25, 0.3) is 0 Å². The smallest absolute Gasteiger partial charge is 0.318 e. The number of rotatable bonds is 21. The lowest BCUT2D eigenvalue weighted by Gasteiger charge is -2.42. The number of piperazine rings is 1. The summed E-state index contributed by atoms with van der Waals surface area (Å²) < 4.78 is 12.6. The second-order valence-corrected chi connectivity index (χ2v) is 36.5. The molecule has 680 valence electrons. The zero-order valence-electron chi connectivity index (χ0n) is 72.4. The number of nitrogens with zero attached hydrogens (tertiary/aromatic N) is 19. The van der Waals surface area contributed by atoms with E-state index in [-0.39, 0.29) is 34.2 Å². The van der Waals surface area contributed by atoms with Crippen LogP contribution in [0.3, 0.4) is 0 Å². The van der Waals surface area contributed by atoms with Crippen LogP contribution >= 0.6 is 23.2 Å². The molecule has 9 aromatic rings. The van der Waals surface area contributed by atoms with Gasteiger partial charge in [-0.05, 0) is 224 Å². The number of likely N-dealkylation sites (N-methyl/N-ethyl adjacent to an activating group) is 3. The number of hydrogen-bond donors (Lipinski definition) is 4. The highest BCUT2D eigenvalue weighted by Crippen LogP contribution is 2.47. The summed E-state index contributed by atoms with van der Waals surface area (Å²) in [5.41, 5.74) is 15.9. The van der Waals surface area contributed by atoms with E-state index in [1.807, 2.05) is 35.9 Å². The van der Waals surface area contributed by atoms with Crippen molar-refractivity contribution in [3.05, 3.63) is 225 Å². The fourth-order valence-electron chi connectivity index (χ4n) is 21.4.